The van der Waals surface area contributed by atoms with Crippen LogP contribution in [0.1, 0.15) is 33.1 Å². The highest BCUT2D eigenvalue weighted by atomic mass is 14.7. The zero-order chi connectivity index (χ0) is 7.11. The van der Waals surface area contributed by atoms with Gasteiger partial charge in [-0.1, -0.05) is 19.8 Å². The van der Waals surface area contributed by atoms with Crippen LogP contribution in [0.5, 0.6) is 0 Å². The van der Waals surface area contributed by atoms with Crippen LogP contribution < -0.4 is 0 Å². The van der Waals surface area contributed by atoms with Gasteiger partial charge in [-0.05, 0) is 25.8 Å². The SMILES string of the molecule is C=C=NC(C)CCCC. The van der Waals surface area contributed by atoms with Crippen molar-refractivity contribution in [3.63, 3.8) is 0 Å². The maximum Gasteiger partial charge on any atom is 0.0565 e. The Morgan fingerprint density at radius 1 is 1.67 bits per heavy atom. The molecule has 0 aliphatic heterocycles. The Hall–Kier alpha value is -0.550. The molecular formula is C8H15N. The van der Waals surface area contributed by atoms with Crippen molar-refractivity contribution in [1.82, 2.24) is 0 Å². The minimum absolute atomic E-state index is 0.419. The second-order valence-electron chi connectivity index (χ2n) is 2.28. The summed E-state index contributed by atoms with van der Waals surface area (Å²) in [5.74, 6) is 2.55. The van der Waals surface area contributed by atoms with E-state index in [0.717, 1.165) is 0 Å². The number of hydrogen-bond acceptors (Lipinski definition) is 1. The minimum Gasteiger partial charge on any atom is -0.241 e. The van der Waals surface area contributed by atoms with E-state index >= 15 is 0 Å². The van der Waals surface area contributed by atoms with Gasteiger partial charge in [-0.2, -0.15) is 0 Å². The Kier molecular flexibility index (Phi) is 5.24. The molecule has 52 valence electrons. The second-order valence-corrected chi connectivity index (χ2v) is 2.28. The highest BCUT2D eigenvalue weighted by Crippen LogP contribution is 2.01. The van der Waals surface area contributed by atoms with E-state index in [1.807, 2.05) is 0 Å². The van der Waals surface area contributed by atoms with Gasteiger partial charge in [-0.15, -0.1) is 0 Å². The molecule has 0 aliphatic carbocycles. The summed E-state index contributed by atoms with van der Waals surface area (Å²) in [7, 11) is 0. The Bertz CT molecular complexity index is 101. The summed E-state index contributed by atoms with van der Waals surface area (Å²) in [5.41, 5.74) is 0. The summed E-state index contributed by atoms with van der Waals surface area (Å²) < 4.78 is 0. The molecule has 0 heterocycles. The molecule has 1 atom stereocenters. The minimum atomic E-state index is 0.419. The van der Waals surface area contributed by atoms with E-state index in [-0.39, 0.29) is 0 Å². The van der Waals surface area contributed by atoms with Crippen LogP contribution in [0.2, 0.25) is 0 Å². The summed E-state index contributed by atoms with van der Waals surface area (Å²) in [6.45, 7) is 7.69. The smallest absolute Gasteiger partial charge is 0.0565 e. The van der Waals surface area contributed by atoms with Crippen molar-refractivity contribution in [2.75, 3.05) is 0 Å². The summed E-state index contributed by atoms with van der Waals surface area (Å²) in [6.07, 6.45) is 3.67. The van der Waals surface area contributed by atoms with E-state index in [1.165, 1.54) is 19.3 Å². The molecule has 0 saturated carbocycles. The standard InChI is InChI=1S/C8H15N/c1-4-6-7-8(3)9-5-2/h8H,2,4,6-7H2,1,3H3. The largest absolute Gasteiger partial charge is 0.241 e. The molecule has 0 spiro atoms. The molecule has 1 nitrogen and oxygen atoms in total. The zero-order valence-corrected chi connectivity index (χ0v) is 6.35. The monoisotopic (exact) mass is 125 g/mol. The summed E-state index contributed by atoms with van der Waals surface area (Å²) >= 11 is 0. The van der Waals surface area contributed by atoms with Crippen molar-refractivity contribution in [3.8, 4) is 0 Å². The highest BCUT2D eigenvalue weighted by molar-refractivity contribution is 5.46. The molecule has 1 unspecified atom stereocenters. The number of unbranched alkanes of at least 4 members (excludes halogenated alkanes) is 1. The quantitative estimate of drug-likeness (QED) is 0.512. The van der Waals surface area contributed by atoms with Gasteiger partial charge < -0.3 is 0 Å². The second kappa shape index (κ2) is 5.58. The van der Waals surface area contributed by atoms with Gasteiger partial charge in [-0.25, -0.2) is 4.99 Å². The lowest BCUT2D eigenvalue weighted by atomic mass is 10.1. The van der Waals surface area contributed by atoms with E-state index in [4.69, 9.17) is 0 Å². The molecule has 0 aliphatic rings. The molecule has 0 fully saturated rings. The van der Waals surface area contributed by atoms with Crippen molar-refractivity contribution in [1.29, 1.82) is 0 Å². The Morgan fingerprint density at radius 2 is 2.33 bits per heavy atom. The van der Waals surface area contributed by atoms with Crippen molar-refractivity contribution in [2.24, 2.45) is 4.99 Å². The van der Waals surface area contributed by atoms with Gasteiger partial charge in [0.2, 0.25) is 0 Å². The average molecular weight is 125 g/mol. The third-order valence-corrected chi connectivity index (χ3v) is 1.29. The molecule has 0 rings (SSSR count). The Labute approximate surface area is 57.5 Å². The molecule has 0 aromatic heterocycles. The fourth-order valence-electron chi connectivity index (χ4n) is 0.720. The predicted octanol–water partition coefficient (Wildman–Crippen LogP) is 2.42. The first kappa shape index (κ1) is 8.45. The van der Waals surface area contributed by atoms with Gasteiger partial charge in [0, 0.05) is 0 Å². The molecule has 0 saturated heterocycles. The van der Waals surface area contributed by atoms with Crippen LogP contribution in [-0.2, 0) is 0 Å². The Morgan fingerprint density at radius 3 is 2.78 bits per heavy atom. The van der Waals surface area contributed by atoms with Crippen LogP contribution in [0.4, 0.5) is 0 Å². The molecule has 1 heteroatoms. The van der Waals surface area contributed by atoms with E-state index in [2.05, 4.69) is 31.3 Å². The van der Waals surface area contributed by atoms with Crippen molar-refractivity contribution >= 4 is 5.87 Å². The lowest BCUT2D eigenvalue weighted by molar-refractivity contribution is 0.620. The maximum atomic E-state index is 4.00. The molecule has 0 bridgehead atoms. The van der Waals surface area contributed by atoms with Crippen LogP contribution in [-0.4, -0.2) is 11.9 Å². The lowest BCUT2D eigenvalue weighted by Crippen LogP contribution is -1.95. The first-order valence-electron chi connectivity index (χ1n) is 3.53. The van der Waals surface area contributed by atoms with Crippen LogP contribution >= 0.6 is 0 Å². The fraction of sp³-hybridized carbons (Fsp3) is 0.750. The maximum absolute atomic E-state index is 4.00. The first-order chi connectivity index (χ1) is 4.31. The van der Waals surface area contributed by atoms with Gasteiger partial charge >= 0.3 is 0 Å². The summed E-state index contributed by atoms with van der Waals surface area (Å²) in [6, 6.07) is 0.419. The molecule has 0 aromatic carbocycles. The van der Waals surface area contributed by atoms with Crippen LogP contribution in [0.15, 0.2) is 11.6 Å². The molecule has 0 aromatic rings. The van der Waals surface area contributed by atoms with E-state index in [1.54, 1.807) is 0 Å². The topological polar surface area (TPSA) is 12.4 Å². The molecular weight excluding hydrogens is 110 g/mol. The van der Waals surface area contributed by atoms with Crippen LogP contribution in [0, 0.1) is 0 Å². The third kappa shape index (κ3) is 5.32. The van der Waals surface area contributed by atoms with Gasteiger partial charge in [0.05, 0.1) is 6.04 Å². The van der Waals surface area contributed by atoms with Crippen molar-refractivity contribution < 1.29 is 0 Å². The normalized spacial score (nSPS) is 12.2. The predicted molar refractivity (Wildman–Crippen MR) is 42.0 cm³/mol. The third-order valence-electron chi connectivity index (χ3n) is 1.29. The number of rotatable bonds is 4. The first-order valence-corrected chi connectivity index (χ1v) is 3.53. The number of aliphatic imine (C=N–C) groups is 1. The zero-order valence-electron chi connectivity index (χ0n) is 6.35. The van der Waals surface area contributed by atoms with Crippen molar-refractivity contribution in [3.05, 3.63) is 6.58 Å². The highest BCUT2D eigenvalue weighted by Gasteiger charge is 1.93. The molecule has 0 N–H and O–H groups in total. The molecule has 0 radical (unpaired) electrons. The van der Waals surface area contributed by atoms with Crippen molar-refractivity contribution in [2.45, 2.75) is 39.2 Å². The number of nitrogens with zero attached hydrogens (tertiary/aromatic N) is 1. The summed E-state index contributed by atoms with van der Waals surface area (Å²) in [5, 5.41) is 0. The molecule has 0 amide bonds. The van der Waals surface area contributed by atoms with Gasteiger partial charge in [0.15, 0.2) is 0 Å². The van der Waals surface area contributed by atoms with E-state index in [0.29, 0.717) is 6.04 Å². The van der Waals surface area contributed by atoms with E-state index in [9.17, 15) is 0 Å². The van der Waals surface area contributed by atoms with Gasteiger partial charge in [-0.3, -0.25) is 0 Å². The Balaban J connectivity index is 3.26. The number of hydrogen-bond donors (Lipinski definition) is 0. The van der Waals surface area contributed by atoms with E-state index < -0.39 is 0 Å². The molecule has 9 heavy (non-hydrogen) atoms. The van der Waals surface area contributed by atoms with Gasteiger partial charge in [0.1, 0.15) is 0 Å². The lowest BCUT2D eigenvalue weighted by Gasteiger charge is -2.00. The van der Waals surface area contributed by atoms with Crippen LogP contribution in [0.3, 0.4) is 0 Å². The average Bonchev–Trinajstić information content (AvgIpc) is 1.85. The van der Waals surface area contributed by atoms with Gasteiger partial charge in [0.25, 0.3) is 0 Å². The summed E-state index contributed by atoms with van der Waals surface area (Å²) in [4.78, 5) is 4.00. The van der Waals surface area contributed by atoms with Crippen LogP contribution in [0.25, 0.3) is 0 Å². The fourth-order valence-corrected chi connectivity index (χ4v) is 0.720.